The van der Waals surface area contributed by atoms with Gasteiger partial charge in [-0.3, -0.25) is 0 Å². The number of hydrogen-bond acceptors (Lipinski definition) is 4. The molecule has 0 unspecified atom stereocenters. The summed E-state index contributed by atoms with van der Waals surface area (Å²) in [5.41, 5.74) is 0. The van der Waals surface area contributed by atoms with Crippen LogP contribution in [0.15, 0.2) is 0 Å². The Labute approximate surface area is 261 Å². The predicted octanol–water partition coefficient (Wildman–Crippen LogP) is 9.05. The molecule has 229 valence electrons. The predicted molar refractivity (Wildman–Crippen MR) is 187 cm³/mol. The van der Waals surface area contributed by atoms with Crippen molar-refractivity contribution in [1.82, 2.24) is 6.38 Å². The number of carbonyl (C=O) groups excluding carboxylic acids is 1. The molecule has 0 aromatic carbocycles. The molecule has 0 N–H and O–H groups in total. The van der Waals surface area contributed by atoms with Gasteiger partial charge in [-0.1, -0.05) is 41.5 Å². The topological polar surface area (TPSA) is 32.8 Å². The molecule has 0 aliphatic heterocycles. The van der Waals surface area contributed by atoms with Gasteiger partial charge in [-0.05, 0) is 37.0 Å². The maximum Gasteiger partial charge on any atom is 0 e. The van der Waals surface area contributed by atoms with Crippen molar-refractivity contribution in [3.05, 3.63) is 0 Å². The van der Waals surface area contributed by atoms with E-state index in [1.807, 2.05) is 6.47 Å². The summed E-state index contributed by atoms with van der Waals surface area (Å²) < 4.78 is 11.3. The zero-order chi connectivity index (χ0) is 29.5. The quantitative estimate of drug-likeness (QED) is 0.0992. The van der Waals surface area contributed by atoms with Crippen molar-refractivity contribution >= 4 is 70.4 Å². The van der Waals surface area contributed by atoms with Gasteiger partial charge in [0.05, 0.1) is 0 Å². The first kappa shape index (κ1) is 46.3. The molecule has 12 heteroatoms. The zero-order valence-electron chi connectivity index (χ0n) is 28.2. The van der Waals surface area contributed by atoms with Crippen molar-refractivity contribution in [3.63, 3.8) is 0 Å². The van der Waals surface area contributed by atoms with Crippen LogP contribution < -0.4 is 0 Å². The van der Waals surface area contributed by atoms with Crippen molar-refractivity contribution in [2.75, 3.05) is 37.0 Å². The first-order valence-corrected chi connectivity index (χ1v) is 34.4. The molecule has 0 amide bonds. The Bertz CT molecular complexity index is 482. The van der Waals surface area contributed by atoms with E-state index < -0.39 is 48.1 Å². The fraction of sp³-hybridized carbons (Fsp3) is 0.960. The van der Waals surface area contributed by atoms with Crippen LogP contribution in [0.3, 0.4) is 0 Å². The molecule has 0 spiro atoms. The molecular weight excluding hydrogens is 802 g/mol. The minimum Gasteiger partial charge on any atom is 0 e. The third-order valence-corrected chi connectivity index (χ3v) is 47.7. The maximum absolute atomic E-state index is 11.2. The summed E-state index contributed by atoms with van der Waals surface area (Å²) in [6.45, 7) is 44.2. The van der Waals surface area contributed by atoms with Gasteiger partial charge < -0.3 is 0 Å². The number of hydrogen-bond donors (Lipinski definition) is 0. The molecule has 0 aliphatic rings. The average Bonchev–Trinajstić information content (AvgIpc) is 2.67. The summed E-state index contributed by atoms with van der Waals surface area (Å²) in [6, 6.07) is 0. The van der Waals surface area contributed by atoms with E-state index in [9.17, 15) is 4.79 Å². The van der Waals surface area contributed by atoms with E-state index in [-0.39, 0.29) is 21.1 Å². The standard InChI is InChI=1S/C13H36GeN2O2Si4.2C6H15P.Pt/c1-19(2,3)15(20(4,5)6)14(18-13-17)16(21(7,8)9)22(10,11)12;2*1-4-7(5-2)6-3;/h1-12H3;2*4-6H2,1-3H3;/q-1;;;. The summed E-state index contributed by atoms with van der Waals surface area (Å²) in [7, 11) is -5.41. The second kappa shape index (κ2) is 22.0. The third-order valence-electron chi connectivity index (χ3n) is 5.88. The smallest absolute Gasteiger partial charge is 0 e. The van der Waals surface area contributed by atoms with Crippen LogP contribution in [0.4, 0.5) is 0 Å². The normalized spacial score (nSPS) is 12.7. The van der Waals surface area contributed by atoms with Gasteiger partial charge in [0, 0.05) is 21.1 Å². The van der Waals surface area contributed by atoms with Crippen molar-refractivity contribution in [3.8, 4) is 0 Å². The molecule has 4 nitrogen and oxygen atoms in total. The fourth-order valence-corrected chi connectivity index (χ4v) is 46.3. The molecule has 0 atom stereocenters. The van der Waals surface area contributed by atoms with Gasteiger partial charge in [-0.25, -0.2) is 0 Å². The maximum atomic E-state index is 11.2. The first-order chi connectivity index (χ1) is 16.1. The Morgan fingerprint density at radius 2 is 0.730 bits per heavy atom. The third kappa shape index (κ3) is 20.8. The average molecular weight is 869 g/mol. The van der Waals surface area contributed by atoms with Crippen LogP contribution in [0.5, 0.6) is 0 Å². The Kier molecular flexibility index (Phi) is 27.5. The van der Waals surface area contributed by atoms with E-state index in [0.717, 1.165) is 0 Å². The largest absolute Gasteiger partial charge is 0 e. The van der Waals surface area contributed by atoms with Gasteiger partial charge in [-0.2, -0.15) is 0 Å². The molecule has 0 fully saturated rings. The molecular formula is C25H66GeN2O2P2PtSi4-. The van der Waals surface area contributed by atoms with Crippen LogP contribution in [-0.2, 0) is 29.6 Å². The van der Waals surface area contributed by atoms with Crippen LogP contribution in [-0.4, -0.2) is 97.9 Å². The molecule has 0 saturated heterocycles. The molecule has 37 heavy (non-hydrogen) atoms. The van der Waals surface area contributed by atoms with Crippen LogP contribution in [0.1, 0.15) is 41.5 Å². The van der Waals surface area contributed by atoms with Gasteiger partial charge in [0.25, 0.3) is 0 Å². The van der Waals surface area contributed by atoms with Gasteiger partial charge >= 0.3 is 148 Å². The van der Waals surface area contributed by atoms with E-state index in [1.54, 1.807) is 0 Å². The monoisotopic (exact) mass is 869 g/mol. The van der Waals surface area contributed by atoms with E-state index in [0.29, 0.717) is 15.8 Å². The van der Waals surface area contributed by atoms with Crippen LogP contribution in [0, 0.1) is 0 Å². The van der Waals surface area contributed by atoms with E-state index in [1.165, 1.54) is 37.0 Å². The summed E-state index contributed by atoms with van der Waals surface area (Å²) in [4.78, 5) is 11.2. The number of nitrogens with zero attached hydrogens (tertiary/aromatic N) is 2. The first-order valence-electron chi connectivity index (χ1n) is 14.1. The van der Waals surface area contributed by atoms with E-state index in [2.05, 4.69) is 126 Å². The minimum atomic E-state index is -2.32. The zero-order valence-corrected chi connectivity index (χ0v) is 38.3. The van der Waals surface area contributed by atoms with Gasteiger partial charge in [0.2, 0.25) is 0 Å². The van der Waals surface area contributed by atoms with Crippen LogP contribution in [0.2, 0.25) is 78.6 Å². The Balaban J connectivity index is -0.000000297. The summed E-state index contributed by atoms with van der Waals surface area (Å²) in [5, 5.41) is 0. The number of rotatable bonds is 14. The Morgan fingerprint density at radius 1 is 0.541 bits per heavy atom. The van der Waals surface area contributed by atoms with Gasteiger partial charge in [0.1, 0.15) is 0 Å². The van der Waals surface area contributed by atoms with Gasteiger partial charge in [0.15, 0.2) is 0 Å². The Morgan fingerprint density at radius 3 is 0.811 bits per heavy atom. The summed E-state index contributed by atoms with van der Waals surface area (Å²) >= 11 is -2.32. The van der Waals surface area contributed by atoms with E-state index in [4.69, 9.17) is 3.76 Å². The minimum absolute atomic E-state index is 0. The second-order valence-electron chi connectivity index (χ2n) is 13.1. The van der Waals surface area contributed by atoms with Crippen LogP contribution in [0.25, 0.3) is 0 Å². The van der Waals surface area contributed by atoms with Crippen molar-refractivity contribution < 1.29 is 29.6 Å². The van der Waals surface area contributed by atoms with Crippen molar-refractivity contribution in [1.29, 1.82) is 0 Å². The van der Waals surface area contributed by atoms with Crippen molar-refractivity contribution in [2.45, 2.75) is 120 Å². The van der Waals surface area contributed by atoms with Gasteiger partial charge in [-0.15, -0.1) is 15.8 Å². The molecule has 0 rings (SSSR count). The molecule has 0 aromatic heterocycles. The molecule has 0 aliphatic carbocycles. The SMILES string of the molecule is CCP(CC)CC.CCP(CC)CC.C[Si](C)(C)[N]([Ge]([O][C-]=O)[N]([Si](C)(C)C)[Si](C)(C)C)[Si](C)(C)C.[Pt]. The Hall–Kier alpha value is 2.35. The summed E-state index contributed by atoms with van der Waals surface area (Å²) in [6.07, 6.45) is 8.51. The second-order valence-corrected chi connectivity index (χ2v) is 46.8. The molecule has 0 heterocycles. The molecule has 0 saturated carbocycles. The van der Waals surface area contributed by atoms with Crippen molar-refractivity contribution in [2.24, 2.45) is 0 Å². The molecule has 0 aromatic rings. The van der Waals surface area contributed by atoms with Crippen LogP contribution >= 0.6 is 15.8 Å². The summed E-state index contributed by atoms with van der Waals surface area (Å²) in [5.74, 6) is 0. The molecule has 0 bridgehead atoms. The van der Waals surface area contributed by atoms with E-state index >= 15 is 0 Å². The molecule has 1 radical (unpaired) electrons. The fourth-order valence-electron chi connectivity index (χ4n) is 4.73.